The fourth-order valence-electron chi connectivity index (χ4n) is 4.03. The van der Waals surface area contributed by atoms with Gasteiger partial charge in [-0.2, -0.15) is 0 Å². The standard InChI is InChI=1S/C22H26ClN3/c1-3-18-6-4-16(15-24-18)8-13-26-21-7-5-17(23)14-20(21)19-9-11-25(2)12-10-22(19)26/h4-7,14-15H,3,8-13H2,1-2H3. The molecular formula is C22H26ClN3. The summed E-state index contributed by atoms with van der Waals surface area (Å²) < 4.78 is 2.52. The van der Waals surface area contributed by atoms with Crippen molar-refractivity contribution in [2.75, 3.05) is 20.1 Å². The third-order valence-electron chi connectivity index (χ3n) is 5.59. The number of halogens is 1. The summed E-state index contributed by atoms with van der Waals surface area (Å²) in [5, 5.41) is 2.16. The first-order valence-electron chi connectivity index (χ1n) is 9.57. The van der Waals surface area contributed by atoms with Crippen molar-refractivity contribution in [1.29, 1.82) is 0 Å². The molecule has 0 spiro atoms. The highest BCUT2D eigenvalue weighted by atomic mass is 35.5. The average Bonchev–Trinajstić information content (AvgIpc) is 2.80. The zero-order chi connectivity index (χ0) is 18.1. The number of hydrogen-bond donors (Lipinski definition) is 0. The molecule has 1 aromatic carbocycles. The molecule has 136 valence electrons. The van der Waals surface area contributed by atoms with E-state index in [0.29, 0.717) is 0 Å². The summed E-state index contributed by atoms with van der Waals surface area (Å²) in [6.45, 7) is 5.36. The van der Waals surface area contributed by atoms with Gasteiger partial charge in [0.05, 0.1) is 0 Å². The molecule has 4 rings (SSSR count). The Morgan fingerprint density at radius 2 is 1.96 bits per heavy atom. The van der Waals surface area contributed by atoms with E-state index in [1.54, 1.807) is 0 Å². The molecule has 0 radical (unpaired) electrons. The van der Waals surface area contributed by atoms with Gasteiger partial charge in [-0.1, -0.05) is 24.6 Å². The molecule has 0 fully saturated rings. The van der Waals surface area contributed by atoms with Crippen LogP contribution in [0.5, 0.6) is 0 Å². The maximum absolute atomic E-state index is 6.31. The van der Waals surface area contributed by atoms with Gasteiger partial charge >= 0.3 is 0 Å². The molecule has 3 heterocycles. The van der Waals surface area contributed by atoms with Crippen molar-refractivity contribution >= 4 is 22.5 Å². The first-order valence-corrected chi connectivity index (χ1v) is 9.95. The summed E-state index contributed by atoms with van der Waals surface area (Å²) in [5.41, 5.74) is 6.77. The lowest BCUT2D eigenvalue weighted by Gasteiger charge is -2.14. The van der Waals surface area contributed by atoms with E-state index in [9.17, 15) is 0 Å². The molecule has 1 aliphatic heterocycles. The molecule has 0 amide bonds. The number of rotatable bonds is 4. The van der Waals surface area contributed by atoms with Crippen molar-refractivity contribution in [2.24, 2.45) is 0 Å². The van der Waals surface area contributed by atoms with Crippen LogP contribution in [0.4, 0.5) is 0 Å². The van der Waals surface area contributed by atoms with E-state index < -0.39 is 0 Å². The third kappa shape index (κ3) is 3.38. The quantitative estimate of drug-likeness (QED) is 0.675. The fourth-order valence-corrected chi connectivity index (χ4v) is 4.21. The zero-order valence-corrected chi connectivity index (χ0v) is 16.4. The summed E-state index contributed by atoms with van der Waals surface area (Å²) >= 11 is 6.31. The molecule has 0 unspecified atom stereocenters. The number of aromatic nitrogens is 2. The molecular weight excluding hydrogens is 342 g/mol. The second kappa shape index (κ2) is 7.42. The second-order valence-corrected chi connectivity index (χ2v) is 7.74. The van der Waals surface area contributed by atoms with Gasteiger partial charge in [0.15, 0.2) is 0 Å². The first-order chi connectivity index (χ1) is 12.7. The predicted molar refractivity (Wildman–Crippen MR) is 109 cm³/mol. The van der Waals surface area contributed by atoms with E-state index >= 15 is 0 Å². The van der Waals surface area contributed by atoms with Crippen LogP contribution in [0.25, 0.3) is 10.9 Å². The lowest BCUT2D eigenvalue weighted by molar-refractivity contribution is 0.351. The van der Waals surface area contributed by atoms with Gasteiger partial charge in [-0.05, 0) is 61.7 Å². The Morgan fingerprint density at radius 1 is 1.12 bits per heavy atom. The topological polar surface area (TPSA) is 21.1 Å². The van der Waals surface area contributed by atoms with Crippen LogP contribution in [0.15, 0.2) is 36.5 Å². The second-order valence-electron chi connectivity index (χ2n) is 7.30. The Labute approximate surface area is 160 Å². The van der Waals surface area contributed by atoms with Crippen LogP contribution in [-0.2, 0) is 32.2 Å². The number of pyridine rings is 1. The number of aryl methyl sites for hydroxylation is 3. The van der Waals surface area contributed by atoms with Crippen molar-refractivity contribution in [3.05, 3.63) is 64.1 Å². The number of nitrogens with zero attached hydrogens (tertiary/aromatic N) is 3. The Morgan fingerprint density at radius 3 is 2.73 bits per heavy atom. The fraction of sp³-hybridized carbons (Fsp3) is 0.409. The van der Waals surface area contributed by atoms with E-state index in [1.165, 1.54) is 27.7 Å². The molecule has 2 aromatic heterocycles. The van der Waals surface area contributed by atoms with E-state index in [-0.39, 0.29) is 0 Å². The van der Waals surface area contributed by atoms with Gasteiger partial charge in [0.1, 0.15) is 0 Å². The van der Waals surface area contributed by atoms with Crippen LogP contribution < -0.4 is 0 Å². The first kappa shape index (κ1) is 17.6. The normalized spacial score (nSPS) is 15.2. The highest BCUT2D eigenvalue weighted by Crippen LogP contribution is 2.31. The van der Waals surface area contributed by atoms with Crippen molar-refractivity contribution in [3.8, 4) is 0 Å². The van der Waals surface area contributed by atoms with Crippen LogP contribution in [0.2, 0.25) is 5.02 Å². The lowest BCUT2D eigenvalue weighted by Crippen LogP contribution is -2.21. The Balaban J connectivity index is 1.69. The molecule has 4 heteroatoms. The minimum Gasteiger partial charge on any atom is -0.344 e. The molecule has 26 heavy (non-hydrogen) atoms. The number of benzene rings is 1. The SMILES string of the molecule is CCc1ccc(CCn2c3c(c4cc(Cl)ccc42)CCN(C)CC3)cn1. The molecule has 1 aliphatic rings. The van der Waals surface area contributed by atoms with Gasteiger partial charge in [0, 0.05) is 59.6 Å². The van der Waals surface area contributed by atoms with Gasteiger partial charge in [0.25, 0.3) is 0 Å². The maximum atomic E-state index is 6.31. The highest BCUT2D eigenvalue weighted by molar-refractivity contribution is 6.31. The minimum atomic E-state index is 0.828. The summed E-state index contributed by atoms with van der Waals surface area (Å²) in [6.07, 6.45) is 6.23. The summed E-state index contributed by atoms with van der Waals surface area (Å²) in [6, 6.07) is 10.7. The lowest BCUT2D eigenvalue weighted by atomic mass is 10.1. The zero-order valence-electron chi connectivity index (χ0n) is 15.6. The molecule has 0 bridgehead atoms. The Hall–Kier alpha value is -1.84. The number of hydrogen-bond acceptors (Lipinski definition) is 2. The summed E-state index contributed by atoms with van der Waals surface area (Å²) in [5.74, 6) is 0. The highest BCUT2D eigenvalue weighted by Gasteiger charge is 2.20. The third-order valence-corrected chi connectivity index (χ3v) is 5.83. The van der Waals surface area contributed by atoms with Crippen LogP contribution in [0.1, 0.15) is 29.4 Å². The van der Waals surface area contributed by atoms with Crippen LogP contribution in [0, 0.1) is 0 Å². The molecule has 0 saturated carbocycles. The van der Waals surface area contributed by atoms with Gasteiger partial charge in [-0.3, -0.25) is 4.98 Å². The summed E-state index contributed by atoms with van der Waals surface area (Å²) in [7, 11) is 2.21. The van der Waals surface area contributed by atoms with Gasteiger partial charge in [0.2, 0.25) is 0 Å². The van der Waals surface area contributed by atoms with Crippen molar-refractivity contribution < 1.29 is 0 Å². The van der Waals surface area contributed by atoms with E-state index in [4.69, 9.17) is 11.6 Å². The van der Waals surface area contributed by atoms with Crippen molar-refractivity contribution in [1.82, 2.24) is 14.5 Å². The molecule has 0 aliphatic carbocycles. The van der Waals surface area contributed by atoms with Gasteiger partial charge in [-0.15, -0.1) is 0 Å². The van der Waals surface area contributed by atoms with Crippen LogP contribution in [0.3, 0.4) is 0 Å². The monoisotopic (exact) mass is 367 g/mol. The molecule has 0 saturated heterocycles. The largest absolute Gasteiger partial charge is 0.344 e. The molecule has 3 nitrogen and oxygen atoms in total. The van der Waals surface area contributed by atoms with Gasteiger partial charge < -0.3 is 9.47 Å². The summed E-state index contributed by atoms with van der Waals surface area (Å²) in [4.78, 5) is 6.97. The van der Waals surface area contributed by atoms with E-state index in [2.05, 4.69) is 52.7 Å². The predicted octanol–water partition coefficient (Wildman–Crippen LogP) is 4.53. The van der Waals surface area contributed by atoms with E-state index in [0.717, 1.165) is 56.0 Å². The number of likely N-dealkylation sites (N-methyl/N-ethyl adjacent to an activating group) is 1. The smallest absolute Gasteiger partial charge is 0.0486 e. The molecule has 3 aromatic rings. The molecule has 0 N–H and O–H groups in total. The van der Waals surface area contributed by atoms with E-state index in [1.807, 2.05) is 12.3 Å². The van der Waals surface area contributed by atoms with Gasteiger partial charge in [-0.25, -0.2) is 0 Å². The Bertz CT molecular complexity index is 911. The molecule has 0 atom stereocenters. The average molecular weight is 368 g/mol. The minimum absolute atomic E-state index is 0.828. The van der Waals surface area contributed by atoms with Crippen molar-refractivity contribution in [2.45, 2.75) is 39.2 Å². The maximum Gasteiger partial charge on any atom is 0.0486 e. The van der Waals surface area contributed by atoms with Crippen LogP contribution in [-0.4, -0.2) is 34.6 Å². The number of fused-ring (bicyclic) bond motifs is 3. The Kier molecular flexibility index (Phi) is 5.01. The van der Waals surface area contributed by atoms with Crippen molar-refractivity contribution in [3.63, 3.8) is 0 Å². The van der Waals surface area contributed by atoms with Crippen LogP contribution >= 0.6 is 11.6 Å².